The average Bonchev–Trinajstić information content (AvgIpc) is 3.37. The smallest absolute Gasteiger partial charge is 0.231 e. The monoisotopic (exact) mass is 442 g/mol. The van der Waals surface area contributed by atoms with Crippen LogP contribution >= 0.6 is 0 Å². The van der Waals surface area contributed by atoms with Crippen molar-refractivity contribution in [1.29, 1.82) is 21.2 Å². The van der Waals surface area contributed by atoms with Crippen molar-refractivity contribution in [3.05, 3.63) is 53.6 Å². The van der Waals surface area contributed by atoms with Gasteiger partial charge in [0.2, 0.25) is 23.9 Å². The highest BCUT2D eigenvalue weighted by Crippen LogP contribution is 2.70. The molecule has 3 aliphatic rings. The molecule has 9 heteroatoms. The van der Waals surface area contributed by atoms with Crippen molar-refractivity contribution in [3.8, 4) is 35.5 Å². The van der Waals surface area contributed by atoms with Crippen LogP contribution in [0.1, 0.15) is 30.1 Å². The second-order valence-corrected chi connectivity index (χ2v) is 8.18. The molecule has 164 valence electrons. The number of hydrogen-bond acceptors (Lipinski definition) is 9. The number of nitriles is 3. The molecule has 1 N–H and O–H groups in total. The summed E-state index contributed by atoms with van der Waals surface area (Å²) >= 11 is 0. The first kappa shape index (κ1) is 20.6. The molecule has 33 heavy (non-hydrogen) atoms. The number of nitrogens with zero attached hydrogens (tertiary/aromatic N) is 3. The summed E-state index contributed by atoms with van der Waals surface area (Å²) < 4.78 is 28.5. The minimum Gasteiger partial charge on any atom is -0.496 e. The first-order chi connectivity index (χ1) is 15.9. The van der Waals surface area contributed by atoms with Crippen LogP contribution in [0.25, 0.3) is 0 Å². The van der Waals surface area contributed by atoms with Crippen molar-refractivity contribution in [3.63, 3.8) is 0 Å². The molecule has 4 unspecified atom stereocenters. The highest BCUT2D eigenvalue weighted by atomic mass is 16.7. The molecule has 2 fully saturated rings. The summed E-state index contributed by atoms with van der Waals surface area (Å²) in [5.74, 6) is -1.61. The van der Waals surface area contributed by atoms with E-state index in [0.29, 0.717) is 28.4 Å². The molecule has 0 aromatic heterocycles. The molecule has 0 radical (unpaired) electrons. The lowest BCUT2D eigenvalue weighted by Gasteiger charge is -2.49. The molecule has 5 rings (SSSR count). The van der Waals surface area contributed by atoms with E-state index in [0.717, 1.165) is 0 Å². The summed E-state index contributed by atoms with van der Waals surface area (Å²) in [6.45, 7) is 1.66. The summed E-state index contributed by atoms with van der Waals surface area (Å²) in [4.78, 5) is 0. The van der Waals surface area contributed by atoms with Gasteiger partial charge in [-0.1, -0.05) is 24.3 Å². The van der Waals surface area contributed by atoms with E-state index in [9.17, 15) is 15.8 Å². The summed E-state index contributed by atoms with van der Waals surface area (Å²) in [7, 11) is 1.48. The van der Waals surface area contributed by atoms with Crippen LogP contribution in [0.4, 0.5) is 0 Å². The van der Waals surface area contributed by atoms with E-state index in [1.54, 1.807) is 49.4 Å². The molecule has 3 heterocycles. The number of methoxy groups -OCH3 is 1. The lowest BCUT2D eigenvalue weighted by Crippen LogP contribution is -2.57. The molecule has 0 saturated carbocycles. The van der Waals surface area contributed by atoms with Crippen molar-refractivity contribution < 1.29 is 23.7 Å². The summed E-state index contributed by atoms with van der Waals surface area (Å²) in [5, 5.41) is 40.1. The van der Waals surface area contributed by atoms with Gasteiger partial charge in [-0.15, -0.1) is 0 Å². The van der Waals surface area contributed by atoms with E-state index in [1.165, 1.54) is 7.11 Å². The Morgan fingerprint density at radius 2 is 1.76 bits per heavy atom. The van der Waals surface area contributed by atoms with Crippen LogP contribution in [0.15, 0.2) is 42.5 Å². The Balaban J connectivity index is 1.78. The zero-order valence-electron chi connectivity index (χ0n) is 17.8. The van der Waals surface area contributed by atoms with Gasteiger partial charge >= 0.3 is 0 Å². The van der Waals surface area contributed by atoms with Crippen LogP contribution in [0.2, 0.25) is 0 Å². The Labute approximate surface area is 189 Å². The van der Waals surface area contributed by atoms with Gasteiger partial charge in [-0.25, -0.2) is 0 Å². The zero-order valence-corrected chi connectivity index (χ0v) is 17.8. The lowest BCUT2D eigenvalue weighted by atomic mass is 9.52. The van der Waals surface area contributed by atoms with E-state index in [4.69, 9.17) is 29.1 Å². The Bertz CT molecular complexity index is 1290. The second-order valence-electron chi connectivity index (χ2n) is 8.18. The van der Waals surface area contributed by atoms with Crippen LogP contribution in [0.3, 0.4) is 0 Å². The first-order valence-corrected chi connectivity index (χ1v) is 10.1. The number of fused-ring (bicyclic) bond motifs is 3. The van der Waals surface area contributed by atoms with E-state index >= 15 is 0 Å². The predicted molar refractivity (Wildman–Crippen MR) is 111 cm³/mol. The topological polar surface area (TPSA) is 141 Å². The maximum Gasteiger partial charge on any atom is 0.231 e. The normalized spacial score (nSPS) is 30.5. The van der Waals surface area contributed by atoms with Crippen LogP contribution < -0.4 is 14.2 Å². The number of ether oxygens (including phenoxy) is 5. The molecule has 2 bridgehead atoms. The molecular formula is C24H18N4O5. The fraction of sp³-hybridized carbons (Fsp3) is 0.333. The van der Waals surface area contributed by atoms with Crippen molar-refractivity contribution in [2.75, 3.05) is 13.9 Å². The number of para-hydroxylation sites is 1. The van der Waals surface area contributed by atoms with E-state index in [-0.39, 0.29) is 6.79 Å². The van der Waals surface area contributed by atoms with Crippen LogP contribution in [0, 0.1) is 50.2 Å². The lowest BCUT2D eigenvalue weighted by molar-refractivity contribution is -0.253. The molecule has 9 nitrogen and oxygen atoms in total. The Morgan fingerprint density at radius 3 is 2.45 bits per heavy atom. The Hall–Kier alpha value is -4.26. The van der Waals surface area contributed by atoms with Gasteiger partial charge in [0.05, 0.1) is 31.2 Å². The third-order valence-corrected chi connectivity index (χ3v) is 6.67. The first-order valence-electron chi connectivity index (χ1n) is 10.1. The fourth-order valence-corrected chi connectivity index (χ4v) is 5.23. The molecule has 2 aromatic rings. The summed E-state index contributed by atoms with van der Waals surface area (Å²) in [6, 6.07) is 18.1. The number of rotatable bonds is 3. The second kappa shape index (κ2) is 6.87. The van der Waals surface area contributed by atoms with Crippen LogP contribution in [-0.2, 0) is 9.47 Å². The van der Waals surface area contributed by atoms with E-state index in [1.807, 2.05) is 12.1 Å². The quantitative estimate of drug-likeness (QED) is 0.761. The standard InChI is InChI=1S/C24H18N4O5/c1-22-19(15-5-3-4-6-16(15)29-2)24(12-27,21(28)33-22)23(10-25,11-26)20(32-22)14-7-8-17-18(9-14)31-13-30-17/h3-9,19-20,28H,13H2,1-2H3. The SMILES string of the molecule is COc1ccccc1C1C2(C)OC(=N)C1(C#N)C(C#N)(C#N)C(c1ccc3c(c1)OCO3)O2. The maximum absolute atomic E-state index is 10.6. The van der Waals surface area contributed by atoms with Crippen molar-refractivity contribution in [1.82, 2.24) is 0 Å². The van der Waals surface area contributed by atoms with Crippen molar-refractivity contribution >= 4 is 5.90 Å². The molecule has 0 aliphatic carbocycles. The molecule has 0 amide bonds. The van der Waals surface area contributed by atoms with Gasteiger partial charge < -0.3 is 23.7 Å². The van der Waals surface area contributed by atoms with Gasteiger partial charge in [-0.2, -0.15) is 15.8 Å². The maximum atomic E-state index is 10.6. The van der Waals surface area contributed by atoms with Gasteiger partial charge in [0.25, 0.3) is 0 Å². The molecule has 0 spiro atoms. The summed E-state index contributed by atoms with van der Waals surface area (Å²) in [5.41, 5.74) is -3.15. The van der Waals surface area contributed by atoms with Crippen LogP contribution in [-0.4, -0.2) is 25.6 Å². The van der Waals surface area contributed by atoms with Crippen molar-refractivity contribution in [2.24, 2.45) is 10.8 Å². The molecule has 4 atom stereocenters. The van der Waals surface area contributed by atoms with Gasteiger partial charge in [-0.3, -0.25) is 5.41 Å². The zero-order chi connectivity index (χ0) is 23.4. The predicted octanol–water partition coefficient (Wildman–Crippen LogP) is 3.55. The van der Waals surface area contributed by atoms with Crippen molar-refractivity contribution in [2.45, 2.75) is 24.7 Å². The minimum absolute atomic E-state index is 0.0510. The molecule has 3 aliphatic heterocycles. The third kappa shape index (κ3) is 2.39. The molecule has 2 saturated heterocycles. The van der Waals surface area contributed by atoms with Gasteiger partial charge in [0.1, 0.15) is 11.9 Å². The van der Waals surface area contributed by atoms with Crippen LogP contribution in [0.5, 0.6) is 17.2 Å². The largest absolute Gasteiger partial charge is 0.496 e. The average molecular weight is 442 g/mol. The number of hydrogen-bond donors (Lipinski definition) is 1. The number of benzene rings is 2. The van der Waals surface area contributed by atoms with E-state index < -0.39 is 34.5 Å². The number of nitrogens with one attached hydrogen (secondary N) is 1. The highest BCUT2D eigenvalue weighted by molar-refractivity contribution is 5.90. The van der Waals surface area contributed by atoms with E-state index in [2.05, 4.69) is 6.07 Å². The third-order valence-electron chi connectivity index (χ3n) is 6.67. The Morgan fingerprint density at radius 1 is 1.03 bits per heavy atom. The Kier molecular flexibility index (Phi) is 4.29. The fourth-order valence-electron chi connectivity index (χ4n) is 5.23. The van der Waals surface area contributed by atoms with Gasteiger partial charge in [0.15, 0.2) is 16.9 Å². The highest BCUT2D eigenvalue weighted by Gasteiger charge is 2.80. The minimum atomic E-state index is -2.12. The molecular weight excluding hydrogens is 424 g/mol. The molecule has 2 aromatic carbocycles. The van der Waals surface area contributed by atoms with Gasteiger partial charge in [-0.05, 0) is 23.8 Å². The van der Waals surface area contributed by atoms with Gasteiger partial charge in [0, 0.05) is 12.5 Å². The summed E-state index contributed by atoms with van der Waals surface area (Å²) in [6.07, 6.45) is -1.21.